The topological polar surface area (TPSA) is 51.0 Å². The van der Waals surface area contributed by atoms with E-state index in [-0.39, 0.29) is 11.3 Å². The maximum absolute atomic E-state index is 12.4. The average molecular weight is 326 g/mol. The molecule has 0 bridgehead atoms. The number of hydrogen-bond acceptors (Lipinski definition) is 3. The van der Waals surface area contributed by atoms with Crippen molar-refractivity contribution in [2.75, 3.05) is 13.1 Å². The molecule has 0 saturated carbocycles. The van der Waals surface area contributed by atoms with Crippen LogP contribution in [-0.2, 0) is 18.3 Å². The number of aryl methyl sites for hydroxylation is 1. The van der Waals surface area contributed by atoms with Crippen molar-refractivity contribution in [2.45, 2.75) is 33.6 Å². The molecule has 2 aromatic rings. The second-order valence-corrected chi connectivity index (χ2v) is 7.75. The Morgan fingerprint density at radius 3 is 2.67 bits per heavy atom. The zero-order valence-corrected chi connectivity index (χ0v) is 15.0. The summed E-state index contributed by atoms with van der Waals surface area (Å²) in [5, 5.41) is 4.18. The summed E-state index contributed by atoms with van der Waals surface area (Å²) >= 11 is 0. The van der Waals surface area contributed by atoms with Crippen molar-refractivity contribution in [3.63, 3.8) is 0 Å². The number of rotatable bonds is 3. The Morgan fingerprint density at radius 2 is 2.08 bits per heavy atom. The number of carbonyl (C=O) groups is 1. The van der Waals surface area contributed by atoms with Gasteiger partial charge in [0.25, 0.3) is 0 Å². The molecule has 3 rings (SSSR count). The van der Waals surface area contributed by atoms with Gasteiger partial charge in [-0.25, -0.2) is 0 Å². The lowest BCUT2D eigenvalue weighted by molar-refractivity contribution is -0.138. The third-order valence-electron chi connectivity index (χ3n) is 4.65. The van der Waals surface area contributed by atoms with Crippen LogP contribution in [0.2, 0.25) is 0 Å². The molecule has 1 fully saturated rings. The Morgan fingerprint density at radius 1 is 1.29 bits per heavy atom. The van der Waals surface area contributed by atoms with Crippen LogP contribution in [0.15, 0.2) is 30.6 Å². The minimum Gasteiger partial charge on any atom is -0.342 e. The SMILES string of the molecule is Cn1nccc1-c1ccc(CC2CCN(C(=O)C(C)(C)C)C2)cn1. The highest BCUT2D eigenvalue weighted by Gasteiger charge is 2.32. The zero-order valence-electron chi connectivity index (χ0n) is 15.0. The third-order valence-corrected chi connectivity index (χ3v) is 4.65. The normalized spacial score (nSPS) is 18.2. The van der Waals surface area contributed by atoms with Gasteiger partial charge < -0.3 is 4.90 Å². The molecule has 0 spiro atoms. The molecule has 1 aliphatic rings. The Bertz CT molecular complexity index is 712. The molecule has 0 radical (unpaired) electrons. The molecule has 24 heavy (non-hydrogen) atoms. The second-order valence-electron chi connectivity index (χ2n) is 7.75. The molecule has 5 heteroatoms. The fourth-order valence-corrected chi connectivity index (χ4v) is 3.31. The van der Waals surface area contributed by atoms with E-state index in [1.54, 1.807) is 6.20 Å². The first-order valence-corrected chi connectivity index (χ1v) is 8.57. The van der Waals surface area contributed by atoms with Crippen molar-refractivity contribution in [1.29, 1.82) is 0 Å². The molecule has 1 amide bonds. The third kappa shape index (κ3) is 3.50. The largest absolute Gasteiger partial charge is 0.342 e. The summed E-state index contributed by atoms with van der Waals surface area (Å²) in [4.78, 5) is 19.0. The first-order valence-electron chi connectivity index (χ1n) is 8.57. The van der Waals surface area contributed by atoms with E-state index in [1.807, 2.05) is 49.7 Å². The summed E-state index contributed by atoms with van der Waals surface area (Å²) in [6.07, 6.45) is 5.79. The Balaban J connectivity index is 1.61. The zero-order chi connectivity index (χ0) is 17.3. The summed E-state index contributed by atoms with van der Waals surface area (Å²) in [5.41, 5.74) is 2.90. The standard InChI is InChI=1S/C19H26N4O/c1-19(2,3)18(24)23-10-8-15(13-23)11-14-5-6-16(20-12-14)17-7-9-21-22(17)4/h5-7,9,12,15H,8,10-11,13H2,1-4H3. The highest BCUT2D eigenvalue weighted by Crippen LogP contribution is 2.26. The van der Waals surface area contributed by atoms with E-state index >= 15 is 0 Å². The van der Waals surface area contributed by atoms with Crippen molar-refractivity contribution in [2.24, 2.45) is 18.4 Å². The lowest BCUT2D eigenvalue weighted by Crippen LogP contribution is -2.38. The molecular formula is C19H26N4O. The summed E-state index contributed by atoms with van der Waals surface area (Å²) in [6.45, 7) is 7.71. The predicted molar refractivity (Wildman–Crippen MR) is 94.3 cm³/mol. The highest BCUT2D eigenvalue weighted by atomic mass is 16.2. The molecule has 1 aliphatic heterocycles. The molecule has 0 N–H and O–H groups in total. The maximum atomic E-state index is 12.4. The number of amides is 1. The lowest BCUT2D eigenvalue weighted by atomic mass is 9.95. The average Bonchev–Trinajstić information content (AvgIpc) is 3.15. The minimum atomic E-state index is -0.290. The van der Waals surface area contributed by atoms with Crippen molar-refractivity contribution < 1.29 is 4.79 Å². The molecule has 5 nitrogen and oxygen atoms in total. The van der Waals surface area contributed by atoms with E-state index in [0.29, 0.717) is 5.92 Å². The number of carbonyl (C=O) groups excluding carboxylic acids is 1. The summed E-state index contributed by atoms with van der Waals surface area (Å²) in [5.74, 6) is 0.787. The van der Waals surface area contributed by atoms with Gasteiger partial charge in [-0.15, -0.1) is 0 Å². The number of aromatic nitrogens is 3. The van der Waals surface area contributed by atoms with Crippen molar-refractivity contribution in [3.05, 3.63) is 36.2 Å². The van der Waals surface area contributed by atoms with Gasteiger partial charge in [-0.1, -0.05) is 26.8 Å². The van der Waals surface area contributed by atoms with Gasteiger partial charge in [0.1, 0.15) is 0 Å². The fraction of sp³-hybridized carbons (Fsp3) is 0.526. The van der Waals surface area contributed by atoms with Crippen LogP contribution >= 0.6 is 0 Å². The molecule has 2 aromatic heterocycles. The van der Waals surface area contributed by atoms with E-state index in [9.17, 15) is 4.79 Å². The van der Waals surface area contributed by atoms with Crippen molar-refractivity contribution in [3.8, 4) is 11.4 Å². The molecule has 1 unspecified atom stereocenters. The Kier molecular flexibility index (Phi) is 4.43. The van der Waals surface area contributed by atoms with Crippen molar-refractivity contribution >= 4 is 5.91 Å². The van der Waals surface area contributed by atoms with Crippen LogP contribution in [0.25, 0.3) is 11.4 Å². The van der Waals surface area contributed by atoms with Crippen LogP contribution in [-0.4, -0.2) is 38.7 Å². The van der Waals surface area contributed by atoms with Gasteiger partial charge in [-0.2, -0.15) is 5.10 Å². The van der Waals surface area contributed by atoms with Crippen LogP contribution in [0.3, 0.4) is 0 Å². The van der Waals surface area contributed by atoms with E-state index < -0.39 is 0 Å². The fourth-order valence-electron chi connectivity index (χ4n) is 3.31. The highest BCUT2D eigenvalue weighted by molar-refractivity contribution is 5.81. The van der Waals surface area contributed by atoms with Crippen molar-refractivity contribution in [1.82, 2.24) is 19.7 Å². The maximum Gasteiger partial charge on any atom is 0.227 e. The van der Waals surface area contributed by atoms with Gasteiger partial charge in [-0.05, 0) is 36.5 Å². The number of pyridine rings is 1. The van der Waals surface area contributed by atoms with Gasteiger partial charge in [0, 0.05) is 37.9 Å². The smallest absolute Gasteiger partial charge is 0.227 e. The summed E-state index contributed by atoms with van der Waals surface area (Å²) < 4.78 is 1.83. The van der Waals surface area contributed by atoms with E-state index in [0.717, 1.165) is 37.3 Å². The predicted octanol–water partition coefficient (Wildman–Crippen LogP) is 2.92. The van der Waals surface area contributed by atoms with E-state index in [2.05, 4.69) is 22.2 Å². The lowest BCUT2D eigenvalue weighted by Gasteiger charge is -2.25. The quantitative estimate of drug-likeness (QED) is 0.871. The monoisotopic (exact) mass is 326 g/mol. The van der Waals surface area contributed by atoms with Crippen LogP contribution < -0.4 is 0 Å². The molecule has 1 atom stereocenters. The number of hydrogen-bond donors (Lipinski definition) is 0. The van der Waals surface area contributed by atoms with Gasteiger partial charge in [0.05, 0.1) is 11.4 Å². The Labute approximate surface area is 143 Å². The van der Waals surface area contributed by atoms with Crippen LogP contribution in [0.5, 0.6) is 0 Å². The molecule has 1 saturated heterocycles. The minimum absolute atomic E-state index is 0.259. The molecular weight excluding hydrogens is 300 g/mol. The number of nitrogens with zero attached hydrogens (tertiary/aromatic N) is 4. The summed E-state index contributed by atoms with van der Waals surface area (Å²) in [7, 11) is 1.92. The molecule has 3 heterocycles. The van der Waals surface area contributed by atoms with Crippen LogP contribution in [0, 0.1) is 11.3 Å². The van der Waals surface area contributed by atoms with Gasteiger partial charge in [0.15, 0.2) is 0 Å². The van der Waals surface area contributed by atoms with Gasteiger partial charge in [0.2, 0.25) is 5.91 Å². The Hall–Kier alpha value is -2.17. The van der Waals surface area contributed by atoms with Gasteiger partial charge in [-0.3, -0.25) is 14.5 Å². The first-order chi connectivity index (χ1) is 11.3. The molecule has 128 valence electrons. The second kappa shape index (κ2) is 6.38. The van der Waals surface area contributed by atoms with Crippen LogP contribution in [0.4, 0.5) is 0 Å². The summed E-state index contributed by atoms with van der Waals surface area (Å²) in [6, 6.07) is 6.16. The van der Waals surface area contributed by atoms with E-state index in [4.69, 9.17) is 0 Å². The first kappa shape index (κ1) is 16.7. The van der Waals surface area contributed by atoms with E-state index in [1.165, 1.54) is 5.56 Å². The van der Waals surface area contributed by atoms with Gasteiger partial charge >= 0.3 is 0 Å². The van der Waals surface area contributed by atoms with Crippen LogP contribution in [0.1, 0.15) is 32.8 Å². The number of likely N-dealkylation sites (tertiary alicyclic amines) is 1. The molecule has 0 aliphatic carbocycles. The molecule has 0 aromatic carbocycles.